The average molecular weight is 170 g/mol. The number of rotatable bonds is 3. The van der Waals surface area contributed by atoms with Crippen LogP contribution in [0.4, 0.5) is 0 Å². The predicted octanol–water partition coefficient (Wildman–Crippen LogP) is 2.23. The van der Waals surface area contributed by atoms with Crippen LogP contribution >= 0.6 is 11.8 Å². The second-order valence-electron chi connectivity index (χ2n) is 2.60. The molecule has 0 aliphatic carbocycles. The van der Waals surface area contributed by atoms with E-state index in [1.807, 2.05) is 23.5 Å². The Balaban J connectivity index is 2.58. The first kappa shape index (κ1) is 8.65. The van der Waals surface area contributed by atoms with Crippen LogP contribution in [0.2, 0.25) is 0 Å². The van der Waals surface area contributed by atoms with Crippen molar-refractivity contribution in [3.8, 4) is 0 Å². The van der Waals surface area contributed by atoms with E-state index in [9.17, 15) is 0 Å². The molecular formula is C8H14N2S. The molecule has 0 amide bonds. The number of aryl methyl sites for hydroxylation is 2. The van der Waals surface area contributed by atoms with Gasteiger partial charge in [-0.3, -0.25) is 4.68 Å². The van der Waals surface area contributed by atoms with Crippen LogP contribution in [-0.2, 0) is 7.05 Å². The summed E-state index contributed by atoms with van der Waals surface area (Å²) in [6.07, 6.45) is 1.21. The Kier molecular flexibility index (Phi) is 3.00. The Morgan fingerprint density at radius 1 is 1.64 bits per heavy atom. The summed E-state index contributed by atoms with van der Waals surface area (Å²) in [5.74, 6) is 1.16. The number of hydrogen-bond donors (Lipinski definition) is 0. The molecule has 1 heterocycles. The summed E-state index contributed by atoms with van der Waals surface area (Å²) < 4.78 is 1.91. The molecule has 62 valence electrons. The van der Waals surface area contributed by atoms with Gasteiger partial charge in [-0.1, -0.05) is 6.92 Å². The predicted molar refractivity (Wildman–Crippen MR) is 49.0 cm³/mol. The number of aromatic nitrogens is 2. The van der Waals surface area contributed by atoms with E-state index in [4.69, 9.17) is 0 Å². The zero-order valence-corrected chi connectivity index (χ0v) is 8.11. The molecule has 0 saturated carbocycles. The molecule has 0 aliphatic heterocycles. The summed E-state index contributed by atoms with van der Waals surface area (Å²) in [5, 5.41) is 5.47. The third kappa shape index (κ3) is 2.26. The minimum absolute atomic E-state index is 1.15. The third-order valence-electron chi connectivity index (χ3n) is 1.55. The van der Waals surface area contributed by atoms with Crippen LogP contribution in [-0.4, -0.2) is 15.5 Å². The molecule has 0 atom stereocenters. The average Bonchev–Trinajstić information content (AvgIpc) is 2.28. The van der Waals surface area contributed by atoms with E-state index in [2.05, 4.69) is 25.0 Å². The van der Waals surface area contributed by atoms with E-state index in [1.165, 1.54) is 12.1 Å². The Morgan fingerprint density at radius 3 is 2.82 bits per heavy atom. The van der Waals surface area contributed by atoms with Crippen molar-refractivity contribution >= 4 is 11.8 Å². The Labute approximate surface area is 72.0 Å². The number of hydrogen-bond acceptors (Lipinski definition) is 2. The summed E-state index contributed by atoms with van der Waals surface area (Å²) in [5.41, 5.74) is 1.23. The molecule has 11 heavy (non-hydrogen) atoms. The lowest BCUT2D eigenvalue weighted by Gasteiger charge is -1.91. The molecule has 1 aromatic heterocycles. The number of nitrogens with zero attached hydrogens (tertiary/aromatic N) is 2. The molecule has 2 nitrogen and oxygen atoms in total. The van der Waals surface area contributed by atoms with Gasteiger partial charge in [0.05, 0.1) is 0 Å². The van der Waals surface area contributed by atoms with Crippen molar-refractivity contribution in [2.24, 2.45) is 7.05 Å². The van der Waals surface area contributed by atoms with Crippen molar-refractivity contribution < 1.29 is 0 Å². The molecule has 0 unspecified atom stereocenters. The molecule has 0 saturated heterocycles. The molecule has 0 N–H and O–H groups in total. The second-order valence-corrected chi connectivity index (χ2v) is 3.71. The molecule has 0 aliphatic rings. The minimum atomic E-state index is 1.15. The van der Waals surface area contributed by atoms with Gasteiger partial charge in [0.25, 0.3) is 0 Å². The van der Waals surface area contributed by atoms with Crippen LogP contribution in [0.3, 0.4) is 0 Å². The molecule has 0 fully saturated rings. The lowest BCUT2D eigenvalue weighted by molar-refractivity contribution is 0.716. The third-order valence-corrected chi connectivity index (χ3v) is 2.65. The summed E-state index contributed by atoms with van der Waals surface area (Å²) in [4.78, 5) is 0. The van der Waals surface area contributed by atoms with Gasteiger partial charge in [0.15, 0.2) is 0 Å². The maximum absolute atomic E-state index is 4.33. The quantitative estimate of drug-likeness (QED) is 0.647. The maximum atomic E-state index is 4.33. The first-order valence-electron chi connectivity index (χ1n) is 3.87. The van der Waals surface area contributed by atoms with Crippen molar-refractivity contribution in [2.45, 2.75) is 25.3 Å². The van der Waals surface area contributed by atoms with Crippen LogP contribution in [0, 0.1) is 6.92 Å². The molecular weight excluding hydrogens is 156 g/mol. The van der Waals surface area contributed by atoms with Crippen molar-refractivity contribution in [3.63, 3.8) is 0 Å². The fraction of sp³-hybridized carbons (Fsp3) is 0.625. The fourth-order valence-corrected chi connectivity index (χ4v) is 1.65. The first-order valence-corrected chi connectivity index (χ1v) is 4.86. The van der Waals surface area contributed by atoms with Crippen LogP contribution in [0.1, 0.15) is 19.0 Å². The van der Waals surface area contributed by atoms with Crippen LogP contribution < -0.4 is 0 Å². The van der Waals surface area contributed by atoms with Gasteiger partial charge in [-0.15, -0.1) is 11.8 Å². The van der Waals surface area contributed by atoms with Gasteiger partial charge in [0.2, 0.25) is 0 Å². The van der Waals surface area contributed by atoms with Crippen LogP contribution in [0.5, 0.6) is 0 Å². The summed E-state index contributed by atoms with van der Waals surface area (Å²) in [6.45, 7) is 4.26. The van der Waals surface area contributed by atoms with E-state index in [0.717, 1.165) is 10.8 Å². The van der Waals surface area contributed by atoms with Gasteiger partial charge in [-0.25, -0.2) is 0 Å². The molecule has 1 aromatic rings. The molecule has 0 spiro atoms. The van der Waals surface area contributed by atoms with Gasteiger partial charge >= 0.3 is 0 Å². The molecule has 0 radical (unpaired) electrons. The molecule has 0 bridgehead atoms. The monoisotopic (exact) mass is 170 g/mol. The van der Waals surface area contributed by atoms with Gasteiger partial charge in [0.1, 0.15) is 5.03 Å². The van der Waals surface area contributed by atoms with Gasteiger partial charge in [0, 0.05) is 12.7 Å². The highest BCUT2D eigenvalue weighted by atomic mass is 32.2. The maximum Gasteiger partial charge on any atom is 0.118 e. The largest absolute Gasteiger partial charge is 0.272 e. The smallest absolute Gasteiger partial charge is 0.118 e. The zero-order valence-electron chi connectivity index (χ0n) is 7.29. The SMILES string of the molecule is CCCSc1cc(C)n(C)n1. The van der Waals surface area contributed by atoms with Crippen LogP contribution in [0.25, 0.3) is 0 Å². The van der Waals surface area contributed by atoms with Gasteiger partial charge in [-0.2, -0.15) is 5.10 Å². The highest BCUT2D eigenvalue weighted by molar-refractivity contribution is 7.99. The number of thioether (sulfide) groups is 1. The first-order chi connectivity index (χ1) is 5.24. The molecule has 0 aromatic carbocycles. The van der Waals surface area contributed by atoms with Crippen molar-refractivity contribution in [2.75, 3.05) is 5.75 Å². The van der Waals surface area contributed by atoms with Crippen molar-refractivity contribution in [3.05, 3.63) is 11.8 Å². The Morgan fingerprint density at radius 2 is 2.36 bits per heavy atom. The summed E-state index contributed by atoms with van der Waals surface area (Å²) >= 11 is 1.82. The van der Waals surface area contributed by atoms with E-state index in [-0.39, 0.29) is 0 Å². The molecule has 1 rings (SSSR count). The standard InChI is InChI=1S/C8H14N2S/c1-4-5-11-8-6-7(2)10(3)9-8/h6H,4-5H2,1-3H3. The van der Waals surface area contributed by atoms with E-state index < -0.39 is 0 Å². The van der Waals surface area contributed by atoms with E-state index in [1.54, 1.807) is 0 Å². The normalized spacial score (nSPS) is 10.5. The van der Waals surface area contributed by atoms with Crippen molar-refractivity contribution in [1.82, 2.24) is 9.78 Å². The van der Waals surface area contributed by atoms with Gasteiger partial charge in [-0.05, 0) is 25.2 Å². The Bertz CT molecular complexity index is 210. The summed E-state index contributed by atoms with van der Waals surface area (Å²) in [6, 6.07) is 2.13. The van der Waals surface area contributed by atoms with E-state index >= 15 is 0 Å². The lowest BCUT2D eigenvalue weighted by Crippen LogP contribution is -1.91. The highest BCUT2D eigenvalue weighted by Gasteiger charge is 1.99. The zero-order chi connectivity index (χ0) is 8.27. The van der Waals surface area contributed by atoms with E-state index in [0.29, 0.717) is 0 Å². The van der Waals surface area contributed by atoms with Gasteiger partial charge < -0.3 is 0 Å². The summed E-state index contributed by atoms with van der Waals surface area (Å²) in [7, 11) is 1.98. The highest BCUT2D eigenvalue weighted by Crippen LogP contribution is 2.17. The second kappa shape index (κ2) is 3.81. The fourth-order valence-electron chi connectivity index (χ4n) is 0.805. The van der Waals surface area contributed by atoms with Crippen LogP contribution in [0.15, 0.2) is 11.1 Å². The Hall–Kier alpha value is -0.440. The minimum Gasteiger partial charge on any atom is -0.272 e. The van der Waals surface area contributed by atoms with Crippen molar-refractivity contribution in [1.29, 1.82) is 0 Å². The molecule has 3 heteroatoms. The topological polar surface area (TPSA) is 17.8 Å². The lowest BCUT2D eigenvalue weighted by atomic mass is 10.5.